The van der Waals surface area contributed by atoms with Crippen molar-refractivity contribution in [1.82, 2.24) is 0 Å². The van der Waals surface area contributed by atoms with Crippen molar-refractivity contribution in [3.8, 4) is 0 Å². The Balaban J connectivity index is 0. The summed E-state index contributed by atoms with van der Waals surface area (Å²) in [6.45, 7) is 0. The van der Waals surface area contributed by atoms with Gasteiger partial charge in [0.2, 0.25) is 0 Å². The molecule has 0 aliphatic heterocycles. The summed E-state index contributed by atoms with van der Waals surface area (Å²) < 4.78 is 10.2. The van der Waals surface area contributed by atoms with Crippen molar-refractivity contribution in [2.75, 3.05) is 18.8 Å². The van der Waals surface area contributed by atoms with Crippen LogP contribution in [0.4, 0.5) is 0 Å². The first-order chi connectivity index (χ1) is 2.00. The largest absolute Gasteiger partial charge is 0.107 e. The summed E-state index contributed by atoms with van der Waals surface area (Å²) in [5, 5.41) is 0. The topological polar surface area (TPSA) is 17.1 Å². The van der Waals surface area contributed by atoms with E-state index in [1.165, 1.54) is 0 Å². The summed E-state index contributed by atoms with van der Waals surface area (Å²) in [4.78, 5) is 0. The molecule has 0 bridgehead atoms. The maximum atomic E-state index is 10.2. The molecule has 1 nitrogen and oxygen atoms in total. The lowest BCUT2D eigenvalue weighted by Gasteiger charge is -1.80. The second-order valence-corrected chi connectivity index (χ2v) is 5.17. The number of hydrogen-bond acceptors (Lipinski definition) is 1. The fourth-order valence-corrected chi connectivity index (χ4v) is 0. The molecule has 0 aromatic heterocycles. The summed E-state index contributed by atoms with van der Waals surface area (Å²) in [5.41, 5.74) is 0. The molecule has 0 spiro atoms. The monoisotopic (exact) mass is 109 g/mol. The fourth-order valence-electron chi connectivity index (χ4n) is 0. The number of hydrogen-bond donors (Lipinski definition) is 0. The quantitative estimate of drug-likeness (QED) is 0.424. The zero-order valence-corrected chi connectivity index (χ0v) is 4.63. The molecular weight excluding hydrogens is 96.1 g/mol. The van der Waals surface area contributed by atoms with Crippen LogP contribution in [-0.2, 0) is 14.1 Å². The van der Waals surface area contributed by atoms with Crippen LogP contribution in [0.25, 0.3) is 0 Å². The third-order valence-corrected chi connectivity index (χ3v) is 0. The Morgan fingerprint density at radius 1 is 1.17 bits per heavy atom. The molecule has 0 saturated carbocycles. The molecule has 2 heteroatoms. The van der Waals surface area contributed by atoms with Crippen molar-refractivity contribution in [1.29, 1.82) is 0 Å². The van der Waals surface area contributed by atoms with Crippen LogP contribution in [0.15, 0.2) is 0 Å². The zero-order chi connectivity index (χ0) is 4.50. The van der Waals surface area contributed by atoms with Gasteiger partial charge in [0.1, 0.15) is 18.8 Å². The van der Waals surface area contributed by atoms with Crippen LogP contribution in [0, 0.1) is 0 Å². The molecular formula is C4H13OS+. The molecule has 0 aromatic carbocycles. The van der Waals surface area contributed by atoms with E-state index in [4.69, 9.17) is 0 Å². The van der Waals surface area contributed by atoms with Crippen LogP contribution in [0.1, 0.15) is 7.43 Å². The van der Waals surface area contributed by atoms with Crippen LogP contribution < -0.4 is 0 Å². The minimum absolute atomic E-state index is 0. The van der Waals surface area contributed by atoms with Crippen molar-refractivity contribution in [2.24, 2.45) is 0 Å². The van der Waals surface area contributed by atoms with E-state index >= 15 is 0 Å². The molecule has 0 unspecified atom stereocenters. The van der Waals surface area contributed by atoms with E-state index in [0.29, 0.717) is 0 Å². The van der Waals surface area contributed by atoms with Gasteiger partial charge in [-0.1, -0.05) is 7.43 Å². The highest BCUT2D eigenvalue weighted by molar-refractivity contribution is 8.00. The predicted octanol–water partition coefficient (Wildman–Crippen LogP) is 1.01. The molecule has 0 heterocycles. The van der Waals surface area contributed by atoms with Crippen molar-refractivity contribution in [2.45, 2.75) is 7.43 Å². The van der Waals surface area contributed by atoms with Gasteiger partial charge in [0.25, 0.3) is 0 Å². The molecule has 40 valence electrons. The molecule has 0 aromatic rings. The van der Waals surface area contributed by atoms with Crippen LogP contribution >= 0.6 is 0 Å². The summed E-state index contributed by atoms with van der Waals surface area (Å²) in [7, 11) is -1.42. The van der Waals surface area contributed by atoms with Gasteiger partial charge in [-0.15, -0.1) is 4.21 Å². The van der Waals surface area contributed by atoms with Gasteiger partial charge in [-0.2, -0.15) is 0 Å². The van der Waals surface area contributed by atoms with Gasteiger partial charge in [-0.05, 0) is 0 Å². The summed E-state index contributed by atoms with van der Waals surface area (Å²) in [6.07, 6.45) is 5.15. The second-order valence-electron chi connectivity index (χ2n) is 1.72. The molecule has 0 radical (unpaired) electrons. The van der Waals surface area contributed by atoms with Crippen LogP contribution in [0.3, 0.4) is 0 Å². The summed E-state index contributed by atoms with van der Waals surface area (Å²) in [5.74, 6) is 0. The first kappa shape index (κ1) is 9.47. The minimum atomic E-state index is -1.42. The Morgan fingerprint density at radius 2 is 1.17 bits per heavy atom. The highest BCUT2D eigenvalue weighted by Gasteiger charge is 1.95. The molecule has 0 aliphatic carbocycles. The van der Waals surface area contributed by atoms with Gasteiger partial charge in [-0.25, -0.2) is 0 Å². The summed E-state index contributed by atoms with van der Waals surface area (Å²) in [6, 6.07) is 0. The molecule has 0 rings (SSSR count). The van der Waals surface area contributed by atoms with E-state index in [9.17, 15) is 4.21 Å². The standard InChI is InChI=1S/C3H9OS.CH4/c1-5(2,3)4;/h1-3H3;1H4/q+1;. The molecule has 0 fully saturated rings. The van der Waals surface area contributed by atoms with E-state index < -0.39 is 9.93 Å². The Kier molecular flexibility index (Phi) is 3.70. The first-order valence-electron chi connectivity index (χ1n) is 1.39. The van der Waals surface area contributed by atoms with Crippen LogP contribution in [-0.4, -0.2) is 18.8 Å². The fraction of sp³-hybridized carbons (Fsp3) is 1.00. The van der Waals surface area contributed by atoms with E-state index in [0.717, 1.165) is 0 Å². The maximum Gasteiger partial charge on any atom is 0.101 e. The third-order valence-electron chi connectivity index (χ3n) is 0. The zero-order valence-electron chi connectivity index (χ0n) is 3.82. The smallest absolute Gasteiger partial charge is 0.101 e. The van der Waals surface area contributed by atoms with Gasteiger partial charge in [-0.3, -0.25) is 0 Å². The van der Waals surface area contributed by atoms with Gasteiger partial charge in [0.15, 0.2) is 0 Å². The highest BCUT2D eigenvalue weighted by Crippen LogP contribution is 1.78. The van der Waals surface area contributed by atoms with E-state index in [2.05, 4.69) is 0 Å². The summed E-state index contributed by atoms with van der Waals surface area (Å²) >= 11 is 0. The average Bonchev–Trinajstić information content (AvgIpc) is 0.722. The Labute approximate surface area is 41.2 Å². The van der Waals surface area contributed by atoms with Crippen molar-refractivity contribution >= 4 is 9.93 Å². The molecule has 0 amide bonds. The van der Waals surface area contributed by atoms with Gasteiger partial charge in [0, 0.05) is 0 Å². The lowest BCUT2D eigenvalue weighted by atomic mass is 11.9. The van der Waals surface area contributed by atoms with E-state index in [-0.39, 0.29) is 7.43 Å². The minimum Gasteiger partial charge on any atom is -0.107 e. The lowest BCUT2D eigenvalue weighted by Crippen LogP contribution is -1.97. The molecule has 6 heavy (non-hydrogen) atoms. The normalized spacial score (nSPS) is 9.83. The van der Waals surface area contributed by atoms with Gasteiger partial charge < -0.3 is 0 Å². The van der Waals surface area contributed by atoms with Crippen molar-refractivity contribution in [3.63, 3.8) is 0 Å². The van der Waals surface area contributed by atoms with Crippen molar-refractivity contribution in [3.05, 3.63) is 0 Å². The number of rotatable bonds is 0. The third kappa shape index (κ3) is 1830. The van der Waals surface area contributed by atoms with Crippen LogP contribution in [0.2, 0.25) is 0 Å². The highest BCUT2D eigenvalue weighted by atomic mass is 32.2. The van der Waals surface area contributed by atoms with Gasteiger partial charge >= 0.3 is 0 Å². The average molecular weight is 109 g/mol. The van der Waals surface area contributed by atoms with Gasteiger partial charge in [0.05, 0.1) is 9.93 Å². The first-order valence-corrected chi connectivity index (χ1v) is 4.17. The van der Waals surface area contributed by atoms with E-state index in [1.807, 2.05) is 0 Å². The Bertz CT molecular complexity index is 53.7. The van der Waals surface area contributed by atoms with Crippen molar-refractivity contribution < 1.29 is 4.21 Å². The lowest BCUT2D eigenvalue weighted by molar-refractivity contribution is 0.594. The predicted molar refractivity (Wildman–Crippen MR) is 32.6 cm³/mol. The molecule has 0 saturated heterocycles. The SMILES string of the molecule is C.C[S+](C)(C)=O. The molecule has 0 aliphatic rings. The maximum absolute atomic E-state index is 10.2. The molecule has 0 N–H and O–H groups in total. The molecule has 0 atom stereocenters. The van der Waals surface area contributed by atoms with Crippen LogP contribution in [0.5, 0.6) is 0 Å². The Hall–Kier alpha value is 0.150. The Morgan fingerprint density at radius 3 is 1.17 bits per heavy atom. The second kappa shape index (κ2) is 2.35. The van der Waals surface area contributed by atoms with E-state index in [1.54, 1.807) is 18.8 Å².